The Morgan fingerprint density at radius 3 is 2.70 bits per heavy atom. The third kappa shape index (κ3) is 4.43. The van der Waals surface area contributed by atoms with E-state index in [0.29, 0.717) is 19.3 Å². The van der Waals surface area contributed by atoms with Crippen LogP contribution >= 0.6 is 0 Å². The molecule has 0 bridgehead atoms. The lowest BCUT2D eigenvalue weighted by atomic mass is 10.1. The van der Waals surface area contributed by atoms with Gasteiger partial charge in [-0.25, -0.2) is 0 Å². The van der Waals surface area contributed by atoms with E-state index in [4.69, 9.17) is 10.9 Å². The van der Waals surface area contributed by atoms with Gasteiger partial charge in [0.1, 0.15) is 6.29 Å². The Kier molecular flexibility index (Phi) is 6.37. The first-order chi connectivity index (χ1) is 4.85. The number of hydroxylamine groups is 1. The number of unbranched alkanes of at least 4 members (excludes halogenated alkanes) is 1. The first-order valence-corrected chi connectivity index (χ1v) is 3.40. The zero-order valence-corrected chi connectivity index (χ0v) is 5.92. The molecule has 4 nitrogen and oxygen atoms in total. The predicted molar refractivity (Wildman–Crippen MR) is 37.7 cm³/mol. The van der Waals surface area contributed by atoms with Gasteiger partial charge in [0.05, 0.1) is 6.04 Å². The summed E-state index contributed by atoms with van der Waals surface area (Å²) < 4.78 is 0. The molecule has 0 spiro atoms. The number of carbonyl (C=O) groups excluding carboxylic acids is 1. The molecule has 0 saturated carbocycles. The summed E-state index contributed by atoms with van der Waals surface area (Å²) in [6, 6.07) is -0.424. The van der Waals surface area contributed by atoms with Crippen molar-refractivity contribution >= 4 is 6.29 Å². The Bertz CT molecular complexity index is 87.8. The second kappa shape index (κ2) is 6.67. The van der Waals surface area contributed by atoms with Gasteiger partial charge in [0.15, 0.2) is 0 Å². The first-order valence-electron chi connectivity index (χ1n) is 3.40. The maximum absolute atomic E-state index is 10.1. The van der Waals surface area contributed by atoms with Crippen molar-refractivity contribution in [2.75, 3.05) is 6.54 Å². The Labute approximate surface area is 60.4 Å². The molecule has 0 aromatic heterocycles. The summed E-state index contributed by atoms with van der Waals surface area (Å²) in [6.45, 7) is 0.636. The minimum Gasteiger partial charge on any atom is -0.330 e. The van der Waals surface area contributed by atoms with Gasteiger partial charge in [-0.3, -0.25) is 0 Å². The Morgan fingerprint density at radius 2 is 2.30 bits per heavy atom. The van der Waals surface area contributed by atoms with Crippen molar-refractivity contribution < 1.29 is 10.0 Å². The molecule has 0 saturated heterocycles. The highest BCUT2D eigenvalue weighted by atomic mass is 16.5. The smallest absolute Gasteiger partial charge is 0.139 e. The van der Waals surface area contributed by atoms with Crippen LogP contribution in [0.3, 0.4) is 0 Å². The number of rotatable bonds is 6. The fourth-order valence-electron chi connectivity index (χ4n) is 0.672. The second-order valence-corrected chi connectivity index (χ2v) is 2.16. The third-order valence-corrected chi connectivity index (χ3v) is 1.30. The van der Waals surface area contributed by atoms with E-state index in [1.165, 1.54) is 0 Å². The second-order valence-electron chi connectivity index (χ2n) is 2.16. The number of nitrogens with one attached hydrogen (secondary N) is 1. The van der Waals surface area contributed by atoms with Crippen molar-refractivity contribution in [1.29, 1.82) is 0 Å². The summed E-state index contributed by atoms with van der Waals surface area (Å²) in [4.78, 5) is 10.1. The largest absolute Gasteiger partial charge is 0.330 e. The molecule has 0 fully saturated rings. The van der Waals surface area contributed by atoms with Crippen molar-refractivity contribution in [2.24, 2.45) is 5.73 Å². The molecule has 0 aromatic rings. The molecule has 4 N–H and O–H groups in total. The lowest BCUT2D eigenvalue weighted by molar-refractivity contribution is -0.112. The van der Waals surface area contributed by atoms with Gasteiger partial charge in [0.2, 0.25) is 0 Å². The van der Waals surface area contributed by atoms with Crippen molar-refractivity contribution in [3.05, 3.63) is 0 Å². The van der Waals surface area contributed by atoms with Crippen LogP contribution in [0.1, 0.15) is 19.3 Å². The molecule has 0 radical (unpaired) electrons. The molecule has 0 aliphatic carbocycles. The van der Waals surface area contributed by atoms with E-state index in [0.717, 1.165) is 12.8 Å². The Balaban J connectivity index is 3.17. The van der Waals surface area contributed by atoms with Crippen molar-refractivity contribution in [1.82, 2.24) is 5.48 Å². The van der Waals surface area contributed by atoms with Gasteiger partial charge in [-0.1, -0.05) is 6.42 Å². The molecule has 4 heteroatoms. The van der Waals surface area contributed by atoms with Gasteiger partial charge in [0, 0.05) is 0 Å². The van der Waals surface area contributed by atoms with Gasteiger partial charge in [-0.2, -0.15) is 5.48 Å². The molecule has 0 heterocycles. The summed E-state index contributed by atoms with van der Waals surface area (Å²) in [5, 5.41) is 8.31. The van der Waals surface area contributed by atoms with Crippen LogP contribution in [0.25, 0.3) is 0 Å². The van der Waals surface area contributed by atoms with E-state index >= 15 is 0 Å². The Morgan fingerprint density at radius 1 is 1.60 bits per heavy atom. The highest BCUT2D eigenvalue weighted by molar-refractivity contribution is 5.56. The molecule has 0 unspecified atom stereocenters. The van der Waals surface area contributed by atoms with E-state index in [2.05, 4.69) is 0 Å². The van der Waals surface area contributed by atoms with Crippen LogP contribution in [0.4, 0.5) is 0 Å². The first kappa shape index (κ1) is 9.55. The standard InChI is InChI=1S/C6H14N2O2/c7-4-2-1-3-6(5-9)8-10/h5-6,8,10H,1-4,7H2/t6-/m0/s1. The van der Waals surface area contributed by atoms with Gasteiger partial charge >= 0.3 is 0 Å². The zero-order chi connectivity index (χ0) is 7.82. The summed E-state index contributed by atoms with van der Waals surface area (Å²) >= 11 is 0. The molecule has 0 aliphatic rings. The average molecular weight is 146 g/mol. The van der Waals surface area contributed by atoms with Crippen molar-refractivity contribution in [2.45, 2.75) is 25.3 Å². The summed E-state index contributed by atoms with van der Waals surface area (Å²) in [5.74, 6) is 0. The molecule has 60 valence electrons. The predicted octanol–water partition coefficient (Wildman–Crippen LogP) is -0.338. The van der Waals surface area contributed by atoms with E-state index in [-0.39, 0.29) is 0 Å². The van der Waals surface area contributed by atoms with Gasteiger partial charge in [-0.05, 0) is 19.4 Å². The number of carbonyl (C=O) groups is 1. The maximum Gasteiger partial charge on any atom is 0.139 e. The van der Waals surface area contributed by atoms with Crippen LogP contribution < -0.4 is 11.2 Å². The summed E-state index contributed by atoms with van der Waals surface area (Å²) in [6.07, 6.45) is 3.10. The minimum absolute atomic E-state index is 0.424. The number of nitrogens with two attached hydrogens (primary N) is 1. The van der Waals surface area contributed by atoms with E-state index in [1.807, 2.05) is 5.48 Å². The number of hydrogen-bond donors (Lipinski definition) is 3. The lowest BCUT2D eigenvalue weighted by Crippen LogP contribution is -2.27. The molecule has 1 atom stereocenters. The zero-order valence-electron chi connectivity index (χ0n) is 5.92. The van der Waals surface area contributed by atoms with Crippen LogP contribution in [0.5, 0.6) is 0 Å². The van der Waals surface area contributed by atoms with Crippen molar-refractivity contribution in [3.8, 4) is 0 Å². The molecule has 0 aromatic carbocycles. The Hall–Kier alpha value is -0.450. The maximum atomic E-state index is 10.1. The molecular weight excluding hydrogens is 132 g/mol. The molecule has 10 heavy (non-hydrogen) atoms. The van der Waals surface area contributed by atoms with E-state index in [1.54, 1.807) is 0 Å². The summed E-state index contributed by atoms with van der Waals surface area (Å²) in [5.41, 5.74) is 7.13. The van der Waals surface area contributed by atoms with Crippen LogP contribution in [-0.2, 0) is 4.79 Å². The number of aldehydes is 1. The third-order valence-electron chi connectivity index (χ3n) is 1.30. The SMILES string of the molecule is NCCCC[C@@H](C=O)NO. The normalized spacial score (nSPS) is 13.0. The van der Waals surface area contributed by atoms with Crippen molar-refractivity contribution in [3.63, 3.8) is 0 Å². The minimum atomic E-state index is -0.424. The van der Waals surface area contributed by atoms with E-state index in [9.17, 15) is 4.79 Å². The molecule has 0 amide bonds. The van der Waals surface area contributed by atoms with Crippen LogP contribution in [0, 0.1) is 0 Å². The highest BCUT2D eigenvalue weighted by Gasteiger charge is 2.02. The van der Waals surface area contributed by atoms with Gasteiger partial charge < -0.3 is 15.7 Å². The van der Waals surface area contributed by atoms with Crippen LogP contribution in [-0.4, -0.2) is 24.1 Å². The van der Waals surface area contributed by atoms with Gasteiger partial charge in [0.25, 0.3) is 0 Å². The van der Waals surface area contributed by atoms with Gasteiger partial charge in [-0.15, -0.1) is 0 Å². The average Bonchev–Trinajstić information content (AvgIpc) is 1.99. The van der Waals surface area contributed by atoms with Crippen LogP contribution in [0.2, 0.25) is 0 Å². The van der Waals surface area contributed by atoms with E-state index < -0.39 is 6.04 Å². The quantitative estimate of drug-likeness (QED) is 0.272. The van der Waals surface area contributed by atoms with Crippen LogP contribution in [0.15, 0.2) is 0 Å². The number of hydrogen-bond acceptors (Lipinski definition) is 4. The highest BCUT2D eigenvalue weighted by Crippen LogP contribution is 1.96. The molecule has 0 rings (SSSR count). The monoisotopic (exact) mass is 146 g/mol. The molecular formula is C6H14N2O2. The fourth-order valence-corrected chi connectivity index (χ4v) is 0.672. The molecule has 0 aliphatic heterocycles. The lowest BCUT2D eigenvalue weighted by Gasteiger charge is -2.05. The topological polar surface area (TPSA) is 75.4 Å². The fraction of sp³-hybridized carbons (Fsp3) is 0.833. The summed E-state index contributed by atoms with van der Waals surface area (Å²) in [7, 11) is 0.